The summed E-state index contributed by atoms with van der Waals surface area (Å²) < 4.78 is 0. The van der Waals surface area contributed by atoms with Crippen molar-refractivity contribution in [1.82, 2.24) is 10.4 Å². The number of halogens is 2. The molecule has 6 nitrogen and oxygen atoms in total. The molecule has 0 spiro atoms. The van der Waals surface area contributed by atoms with E-state index in [0.29, 0.717) is 49.2 Å². The van der Waals surface area contributed by atoms with Crippen LogP contribution in [0.4, 0.5) is 5.69 Å². The van der Waals surface area contributed by atoms with Gasteiger partial charge < -0.3 is 5.32 Å². The number of nitrogens with one attached hydrogen (secondary N) is 2. The highest BCUT2D eigenvalue weighted by atomic mass is 35.5. The molecule has 8 heteroatoms. The standard InChI is InChI=1S/C35H30Cl2N4O2/c1-21(24-6-5-7-28(18-24)38-33(42)23-8-12-25(13-9-23)35(2,3)4)40-41-34(43)30-20-32(22-10-14-26(36)15-11-22)39-31-17-16-27(37)19-29(30)31/h5-20H,1-4H3,(H,38,42)(H,41,43). The second-order valence-corrected chi connectivity index (χ2v) is 12.1. The number of pyridine rings is 1. The first-order chi connectivity index (χ1) is 20.5. The molecular weight excluding hydrogens is 579 g/mol. The number of aromatic nitrogens is 1. The average molecular weight is 610 g/mol. The van der Waals surface area contributed by atoms with Gasteiger partial charge in [-0.1, -0.05) is 80.4 Å². The number of fused-ring (bicyclic) bond motifs is 1. The van der Waals surface area contributed by atoms with E-state index in [9.17, 15) is 9.59 Å². The normalized spacial score (nSPS) is 11.8. The van der Waals surface area contributed by atoms with Gasteiger partial charge in [-0.25, -0.2) is 10.4 Å². The number of hydrazone groups is 1. The molecule has 43 heavy (non-hydrogen) atoms. The first kappa shape index (κ1) is 30.0. The van der Waals surface area contributed by atoms with E-state index in [1.54, 1.807) is 43.3 Å². The maximum Gasteiger partial charge on any atom is 0.272 e. The van der Waals surface area contributed by atoms with Crippen molar-refractivity contribution in [2.75, 3.05) is 5.32 Å². The first-order valence-corrected chi connectivity index (χ1v) is 14.5. The van der Waals surface area contributed by atoms with E-state index in [4.69, 9.17) is 28.2 Å². The lowest BCUT2D eigenvalue weighted by Crippen LogP contribution is -2.20. The fourth-order valence-corrected chi connectivity index (χ4v) is 4.86. The van der Waals surface area contributed by atoms with Crippen LogP contribution in [-0.4, -0.2) is 22.5 Å². The molecule has 0 atom stereocenters. The first-order valence-electron chi connectivity index (χ1n) is 13.7. The Hall–Kier alpha value is -4.52. The summed E-state index contributed by atoms with van der Waals surface area (Å²) in [4.78, 5) is 31.0. The Kier molecular flexibility index (Phi) is 8.62. The van der Waals surface area contributed by atoms with Crippen LogP contribution in [0, 0.1) is 0 Å². The minimum absolute atomic E-state index is 0.00610. The van der Waals surface area contributed by atoms with Crippen molar-refractivity contribution in [3.63, 3.8) is 0 Å². The third kappa shape index (κ3) is 7.11. The van der Waals surface area contributed by atoms with Gasteiger partial charge in [-0.05, 0) is 84.1 Å². The van der Waals surface area contributed by atoms with Gasteiger partial charge in [-0.2, -0.15) is 5.10 Å². The predicted molar refractivity (Wildman–Crippen MR) is 176 cm³/mol. The Morgan fingerprint density at radius 2 is 1.47 bits per heavy atom. The maximum absolute atomic E-state index is 13.4. The summed E-state index contributed by atoms with van der Waals surface area (Å²) in [6.07, 6.45) is 0. The number of amides is 2. The number of carbonyl (C=O) groups is 2. The summed E-state index contributed by atoms with van der Waals surface area (Å²) in [5.41, 5.74) is 8.77. The molecule has 0 aliphatic heterocycles. The second-order valence-electron chi connectivity index (χ2n) is 11.2. The summed E-state index contributed by atoms with van der Waals surface area (Å²) >= 11 is 12.3. The van der Waals surface area contributed by atoms with Gasteiger partial charge in [0.2, 0.25) is 0 Å². The number of rotatable bonds is 6. The Bertz CT molecular complexity index is 1860. The lowest BCUT2D eigenvalue weighted by molar-refractivity contribution is 0.0955. The molecule has 0 radical (unpaired) electrons. The summed E-state index contributed by atoms with van der Waals surface area (Å²) in [7, 11) is 0. The highest BCUT2D eigenvalue weighted by Gasteiger charge is 2.16. The smallest absolute Gasteiger partial charge is 0.272 e. The molecule has 1 heterocycles. The molecule has 5 rings (SSSR count). The van der Waals surface area contributed by atoms with Crippen molar-refractivity contribution < 1.29 is 9.59 Å². The van der Waals surface area contributed by atoms with Crippen LogP contribution in [0.1, 0.15) is 59.5 Å². The monoisotopic (exact) mass is 608 g/mol. The van der Waals surface area contributed by atoms with Gasteiger partial charge in [0.15, 0.2) is 0 Å². The fraction of sp³-hybridized carbons (Fsp3) is 0.143. The van der Waals surface area contributed by atoms with E-state index in [1.807, 2.05) is 60.7 Å². The van der Waals surface area contributed by atoms with E-state index < -0.39 is 5.91 Å². The van der Waals surface area contributed by atoms with Gasteiger partial charge in [0.25, 0.3) is 11.8 Å². The zero-order valence-corrected chi connectivity index (χ0v) is 25.7. The second kappa shape index (κ2) is 12.4. The largest absolute Gasteiger partial charge is 0.322 e. The Labute approximate surface area is 260 Å². The maximum atomic E-state index is 13.4. The molecule has 2 amide bonds. The minimum atomic E-state index is -0.410. The third-order valence-corrected chi connectivity index (χ3v) is 7.52. The van der Waals surface area contributed by atoms with Gasteiger partial charge in [-0.3, -0.25) is 9.59 Å². The van der Waals surface area contributed by atoms with E-state index >= 15 is 0 Å². The molecule has 216 valence electrons. The van der Waals surface area contributed by atoms with Gasteiger partial charge in [0.1, 0.15) is 0 Å². The molecule has 1 aromatic heterocycles. The van der Waals surface area contributed by atoms with E-state index in [2.05, 4.69) is 36.6 Å². The molecule has 0 aliphatic carbocycles. The number of nitrogens with zero attached hydrogens (tertiary/aromatic N) is 2. The average Bonchev–Trinajstić information content (AvgIpc) is 2.99. The topological polar surface area (TPSA) is 83.4 Å². The number of anilines is 1. The number of hydrogen-bond donors (Lipinski definition) is 2. The van der Waals surface area contributed by atoms with E-state index in [-0.39, 0.29) is 11.3 Å². The minimum Gasteiger partial charge on any atom is -0.322 e. The molecular formula is C35H30Cl2N4O2. The third-order valence-electron chi connectivity index (χ3n) is 7.03. The molecule has 0 saturated carbocycles. The van der Waals surface area contributed by atoms with Crippen molar-refractivity contribution in [3.05, 3.63) is 129 Å². The Balaban J connectivity index is 1.35. The number of hydrogen-bond acceptors (Lipinski definition) is 4. The lowest BCUT2D eigenvalue weighted by Gasteiger charge is -2.19. The van der Waals surface area contributed by atoms with Gasteiger partial charge in [-0.15, -0.1) is 0 Å². The summed E-state index contributed by atoms with van der Waals surface area (Å²) in [5.74, 6) is -0.618. The van der Waals surface area contributed by atoms with Crippen LogP contribution in [0.25, 0.3) is 22.2 Å². The zero-order valence-electron chi connectivity index (χ0n) is 24.2. The fourth-order valence-electron chi connectivity index (χ4n) is 4.56. The van der Waals surface area contributed by atoms with Gasteiger partial charge in [0.05, 0.1) is 22.5 Å². The number of benzene rings is 4. The van der Waals surface area contributed by atoms with Crippen molar-refractivity contribution in [1.29, 1.82) is 0 Å². The summed E-state index contributed by atoms with van der Waals surface area (Å²) in [6.45, 7) is 8.18. The molecule has 4 aromatic carbocycles. The Morgan fingerprint density at radius 1 is 0.767 bits per heavy atom. The van der Waals surface area contributed by atoms with Gasteiger partial charge in [0, 0.05) is 32.2 Å². The number of carbonyl (C=O) groups excluding carboxylic acids is 2. The molecule has 0 unspecified atom stereocenters. The molecule has 0 saturated heterocycles. The Morgan fingerprint density at radius 3 is 2.16 bits per heavy atom. The van der Waals surface area contributed by atoms with Crippen molar-refractivity contribution in [2.45, 2.75) is 33.1 Å². The van der Waals surface area contributed by atoms with E-state index in [0.717, 1.165) is 16.7 Å². The van der Waals surface area contributed by atoms with Gasteiger partial charge >= 0.3 is 0 Å². The SMILES string of the molecule is CC(=NNC(=O)c1cc(-c2ccc(Cl)cc2)nc2ccc(Cl)cc12)c1cccc(NC(=O)c2ccc(C(C)(C)C)cc2)c1. The van der Waals surface area contributed by atoms with Crippen LogP contribution in [0.3, 0.4) is 0 Å². The van der Waals surface area contributed by atoms with Crippen LogP contribution in [0.5, 0.6) is 0 Å². The predicted octanol–water partition coefficient (Wildman–Crippen LogP) is 8.91. The molecule has 0 aliphatic rings. The summed E-state index contributed by atoms with van der Waals surface area (Å²) in [5, 5.41) is 9.01. The lowest BCUT2D eigenvalue weighted by atomic mass is 9.87. The molecule has 0 bridgehead atoms. The van der Waals surface area contributed by atoms with Crippen LogP contribution >= 0.6 is 23.2 Å². The summed E-state index contributed by atoms with van der Waals surface area (Å²) in [6, 6.07) is 29.1. The highest BCUT2D eigenvalue weighted by molar-refractivity contribution is 6.31. The zero-order chi connectivity index (χ0) is 30.7. The van der Waals surface area contributed by atoms with Crippen LogP contribution in [-0.2, 0) is 5.41 Å². The van der Waals surface area contributed by atoms with Crippen molar-refractivity contribution >= 4 is 57.3 Å². The molecule has 0 fully saturated rings. The molecule has 5 aromatic rings. The van der Waals surface area contributed by atoms with Crippen LogP contribution in [0.2, 0.25) is 10.0 Å². The van der Waals surface area contributed by atoms with Crippen LogP contribution in [0.15, 0.2) is 102 Å². The molecule has 2 N–H and O–H groups in total. The van der Waals surface area contributed by atoms with Crippen LogP contribution < -0.4 is 10.7 Å². The van der Waals surface area contributed by atoms with Crippen molar-refractivity contribution in [3.8, 4) is 11.3 Å². The quantitative estimate of drug-likeness (QED) is 0.149. The van der Waals surface area contributed by atoms with Crippen molar-refractivity contribution in [2.24, 2.45) is 5.10 Å². The van der Waals surface area contributed by atoms with E-state index in [1.165, 1.54) is 0 Å². The highest BCUT2D eigenvalue weighted by Crippen LogP contribution is 2.28.